The van der Waals surface area contributed by atoms with Gasteiger partial charge < -0.3 is 32.3 Å². The molecule has 12 heteroatoms. The van der Waals surface area contributed by atoms with E-state index >= 15 is 0 Å². The smallest absolute Gasteiger partial charge is 0.326 e. The van der Waals surface area contributed by atoms with Gasteiger partial charge in [0.15, 0.2) is 0 Å². The third kappa shape index (κ3) is 31.7. The zero-order valence-electron chi connectivity index (χ0n) is 29.9. The first kappa shape index (κ1) is 46.5. The second kappa shape index (κ2) is 35.3. The molecule has 0 rings (SSSR count). The molecule has 0 bridgehead atoms. The zero-order chi connectivity index (χ0) is 35.5. The highest BCUT2D eigenvalue weighted by molar-refractivity contribution is 8.76. The number of hydrogen-bond acceptors (Lipinski definition) is 8. The van der Waals surface area contributed by atoms with Crippen LogP contribution in [0.4, 0.5) is 0 Å². The molecule has 0 aliphatic heterocycles. The van der Waals surface area contributed by atoms with Gasteiger partial charge in [0.05, 0.1) is 0 Å². The Balaban J connectivity index is 3.90. The Morgan fingerprint density at radius 1 is 0.438 bits per heavy atom. The number of carboxylic acid groups (broad SMARTS) is 2. The normalized spacial score (nSPS) is 12.5. The van der Waals surface area contributed by atoms with Crippen LogP contribution in [0.5, 0.6) is 0 Å². The molecular formula is C36H70N4O6S2. The Morgan fingerprint density at radius 2 is 0.688 bits per heavy atom. The van der Waals surface area contributed by atoms with Crippen LogP contribution in [0.25, 0.3) is 0 Å². The van der Waals surface area contributed by atoms with E-state index < -0.39 is 24.0 Å². The Labute approximate surface area is 299 Å². The molecule has 8 N–H and O–H groups in total. The first-order chi connectivity index (χ1) is 23.3. The fourth-order valence-electron chi connectivity index (χ4n) is 5.54. The SMILES string of the molecule is NCCCCCCCCCCCCCC(=O)NC(CCSSCCC(NC(=O)CCCCCCCCCCCCCN)C(=O)O)C(=O)O. The maximum Gasteiger partial charge on any atom is 0.326 e. The Kier molecular flexibility index (Phi) is 34.2. The highest BCUT2D eigenvalue weighted by atomic mass is 33.1. The zero-order valence-corrected chi connectivity index (χ0v) is 31.5. The van der Waals surface area contributed by atoms with Gasteiger partial charge in [0.2, 0.25) is 11.8 Å². The maximum absolute atomic E-state index is 12.3. The fraction of sp³-hybridized carbons (Fsp3) is 0.889. The van der Waals surface area contributed by atoms with Gasteiger partial charge in [-0.25, -0.2) is 9.59 Å². The number of carbonyl (C=O) groups is 4. The summed E-state index contributed by atoms with van der Waals surface area (Å²) in [5, 5.41) is 24.4. The summed E-state index contributed by atoms with van der Waals surface area (Å²) in [7, 11) is 2.91. The van der Waals surface area contributed by atoms with Crippen molar-refractivity contribution < 1.29 is 29.4 Å². The van der Waals surface area contributed by atoms with Gasteiger partial charge in [-0.05, 0) is 51.6 Å². The minimum absolute atomic E-state index is 0.224. The summed E-state index contributed by atoms with van der Waals surface area (Å²) in [4.78, 5) is 47.9. The van der Waals surface area contributed by atoms with Crippen molar-refractivity contribution in [1.29, 1.82) is 0 Å². The molecule has 0 radical (unpaired) electrons. The lowest BCUT2D eigenvalue weighted by Gasteiger charge is -2.15. The molecule has 0 fully saturated rings. The average molecular weight is 719 g/mol. The van der Waals surface area contributed by atoms with E-state index in [1.807, 2.05) is 0 Å². The van der Waals surface area contributed by atoms with Crippen molar-refractivity contribution in [3.63, 3.8) is 0 Å². The molecular weight excluding hydrogens is 649 g/mol. The molecule has 2 atom stereocenters. The lowest BCUT2D eigenvalue weighted by Crippen LogP contribution is -2.41. The molecule has 48 heavy (non-hydrogen) atoms. The van der Waals surface area contributed by atoms with Crippen molar-refractivity contribution in [1.82, 2.24) is 10.6 Å². The quantitative estimate of drug-likeness (QED) is 0.0277. The van der Waals surface area contributed by atoms with Gasteiger partial charge in [-0.3, -0.25) is 9.59 Å². The summed E-state index contributed by atoms with van der Waals surface area (Å²) in [5.74, 6) is -1.52. The number of amides is 2. The van der Waals surface area contributed by atoms with Crippen LogP contribution in [0.15, 0.2) is 0 Å². The number of unbranched alkanes of at least 4 members (excludes halogenated alkanes) is 20. The van der Waals surface area contributed by atoms with E-state index in [1.54, 1.807) is 0 Å². The van der Waals surface area contributed by atoms with Crippen LogP contribution in [-0.2, 0) is 19.2 Å². The van der Waals surface area contributed by atoms with Crippen molar-refractivity contribution >= 4 is 45.3 Å². The number of aliphatic carboxylic acids is 2. The van der Waals surface area contributed by atoms with E-state index in [1.165, 1.54) is 111 Å². The van der Waals surface area contributed by atoms with E-state index in [4.69, 9.17) is 11.5 Å². The third-order valence-corrected chi connectivity index (χ3v) is 11.0. The molecule has 0 heterocycles. The molecule has 282 valence electrons. The van der Waals surface area contributed by atoms with Gasteiger partial charge in [0.25, 0.3) is 0 Å². The van der Waals surface area contributed by atoms with E-state index in [0.29, 0.717) is 37.2 Å². The van der Waals surface area contributed by atoms with Gasteiger partial charge in [0.1, 0.15) is 12.1 Å². The fourth-order valence-corrected chi connectivity index (χ4v) is 7.72. The predicted molar refractivity (Wildman–Crippen MR) is 202 cm³/mol. The molecule has 0 spiro atoms. The Bertz CT molecular complexity index is 744. The average Bonchev–Trinajstić information content (AvgIpc) is 3.05. The van der Waals surface area contributed by atoms with Crippen molar-refractivity contribution in [3.8, 4) is 0 Å². The van der Waals surface area contributed by atoms with E-state index in [2.05, 4.69) is 10.6 Å². The lowest BCUT2D eigenvalue weighted by molar-refractivity contribution is -0.142. The van der Waals surface area contributed by atoms with Crippen LogP contribution in [0.1, 0.15) is 167 Å². The number of carbonyl (C=O) groups excluding carboxylic acids is 2. The molecule has 0 aliphatic rings. The van der Waals surface area contributed by atoms with E-state index in [9.17, 15) is 29.4 Å². The van der Waals surface area contributed by atoms with Crippen LogP contribution >= 0.6 is 21.6 Å². The summed E-state index contributed by atoms with van der Waals surface area (Å²) < 4.78 is 0. The molecule has 0 aromatic heterocycles. The summed E-state index contributed by atoms with van der Waals surface area (Å²) in [6.07, 6.45) is 26.6. The molecule has 10 nitrogen and oxygen atoms in total. The van der Waals surface area contributed by atoms with E-state index in [-0.39, 0.29) is 11.8 Å². The summed E-state index contributed by atoms with van der Waals surface area (Å²) in [5.41, 5.74) is 11.0. The molecule has 2 amide bonds. The van der Waals surface area contributed by atoms with Gasteiger partial charge in [0, 0.05) is 24.3 Å². The summed E-state index contributed by atoms with van der Waals surface area (Å²) >= 11 is 0. The van der Waals surface area contributed by atoms with Crippen LogP contribution in [-0.4, -0.2) is 70.6 Å². The largest absolute Gasteiger partial charge is 0.480 e. The monoisotopic (exact) mass is 718 g/mol. The van der Waals surface area contributed by atoms with Gasteiger partial charge >= 0.3 is 11.9 Å². The Morgan fingerprint density at radius 3 is 0.938 bits per heavy atom. The standard InChI is InChI=1S/C36H70N4O6S2/c37-27-21-17-13-9-5-1-3-7-11-15-19-23-33(41)39-31(35(43)44)25-29-47-48-30-26-32(36(45)46)40-34(42)24-20-16-12-8-4-2-6-10-14-18-22-28-38/h31-32H,1-30,37-38H2,(H,39,41)(H,40,42)(H,43,44)(H,45,46). The first-order valence-corrected chi connectivity index (χ1v) is 21.5. The highest BCUT2D eigenvalue weighted by Gasteiger charge is 2.21. The predicted octanol–water partition coefficient (Wildman–Crippen LogP) is 7.57. The second-order valence-electron chi connectivity index (χ2n) is 13.0. The Hall–Kier alpha value is -1.50. The number of nitrogens with one attached hydrogen (secondary N) is 2. The minimum atomic E-state index is -1.05. The summed E-state index contributed by atoms with van der Waals surface area (Å²) in [6.45, 7) is 1.57. The highest BCUT2D eigenvalue weighted by Crippen LogP contribution is 2.24. The van der Waals surface area contributed by atoms with Crippen molar-refractivity contribution in [2.75, 3.05) is 24.6 Å². The van der Waals surface area contributed by atoms with Crippen molar-refractivity contribution in [3.05, 3.63) is 0 Å². The van der Waals surface area contributed by atoms with Crippen molar-refractivity contribution in [2.45, 2.75) is 179 Å². The third-order valence-electron chi connectivity index (χ3n) is 8.55. The number of hydrogen-bond donors (Lipinski definition) is 6. The lowest BCUT2D eigenvalue weighted by atomic mass is 10.0. The molecule has 0 aliphatic carbocycles. The molecule has 0 saturated heterocycles. The first-order valence-electron chi connectivity index (χ1n) is 19.0. The molecule has 2 unspecified atom stereocenters. The van der Waals surface area contributed by atoms with Gasteiger partial charge in [-0.1, -0.05) is 137 Å². The van der Waals surface area contributed by atoms with Crippen LogP contribution in [0.3, 0.4) is 0 Å². The van der Waals surface area contributed by atoms with Crippen molar-refractivity contribution in [2.24, 2.45) is 11.5 Å². The van der Waals surface area contributed by atoms with Crippen LogP contribution in [0.2, 0.25) is 0 Å². The molecule has 0 aromatic carbocycles. The van der Waals surface area contributed by atoms with Crippen LogP contribution in [0, 0.1) is 0 Å². The maximum atomic E-state index is 12.3. The van der Waals surface area contributed by atoms with E-state index in [0.717, 1.165) is 64.5 Å². The summed E-state index contributed by atoms with van der Waals surface area (Å²) in [6, 6.07) is -1.86. The topological polar surface area (TPSA) is 185 Å². The van der Waals surface area contributed by atoms with Gasteiger partial charge in [-0.15, -0.1) is 0 Å². The number of carboxylic acids is 2. The minimum Gasteiger partial charge on any atom is -0.480 e. The number of nitrogens with two attached hydrogens (primary N) is 2. The second-order valence-corrected chi connectivity index (χ2v) is 15.7. The van der Waals surface area contributed by atoms with Gasteiger partial charge in [-0.2, -0.15) is 0 Å². The molecule has 0 aromatic rings. The number of rotatable bonds is 37. The molecule has 0 saturated carbocycles. The van der Waals surface area contributed by atoms with Crippen LogP contribution < -0.4 is 22.1 Å².